The monoisotopic (exact) mass is 368 g/mol. The van der Waals surface area contributed by atoms with Gasteiger partial charge in [-0.2, -0.15) is 5.26 Å². The van der Waals surface area contributed by atoms with Crippen molar-refractivity contribution in [3.63, 3.8) is 0 Å². The Hall–Kier alpha value is -2.39. The van der Waals surface area contributed by atoms with Gasteiger partial charge in [-0.25, -0.2) is 4.98 Å². The predicted octanol–water partition coefficient (Wildman–Crippen LogP) is 4.41. The van der Waals surface area contributed by atoms with E-state index in [1.807, 2.05) is 12.1 Å². The van der Waals surface area contributed by atoms with E-state index in [2.05, 4.69) is 49.0 Å². The van der Waals surface area contributed by atoms with Crippen LogP contribution in [0.3, 0.4) is 0 Å². The lowest BCUT2D eigenvalue weighted by molar-refractivity contribution is 0.102. The summed E-state index contributed by atoms with van der Waals surface area (Å²) < 4.78 is 0. The highest BCUT2D eigenvalue weighted by molar-refractivity contribution is 7.13. The minimum atomic E-state index is -0.212. The first-order chi connectivity index (χ1) is 12.3. The topological polar surface area (TPSA) is 69.0 Å². The highest BCUT2D eigenvalue weighted by Crippen LogP contribution is 2.35. The van der Waals surface area contributed by atoms with Gasteiger partial charge in [0.05, 0.1) is 5.69 Å². The van der Waals surface area contributed by atoms with Crippen molar-refractivity contribution in [1.82, 2.24) is 4.98 Å². The van der Waals surface area contributed by atoms with Crippen molar-refractivity contribution in [2.24, 2.45) is 5.92 Å². The van der Waals surface area contributed by atoms with E-state index >= 15 is 0 Å². The first-order valence-corrected chi connectivity index (χ1v) is 9.66. The van der Waals surface area contributed by atoms with Gasteiger partial charge in [-0.1, -0.05) is 27.7 Å². The van der Waals surface area contributed by atoms with Crippen LogP contribution in [0.15, 0.2) is 24.4 Å². The number of nitrogens with zero attached hydrogens (tertiary/aromatic N) is 3. The summed E-state index contributed by atoms with van der Waals surface area (Å²) in [5.74, 6) is 1.27. The number of nitrogens with one attached hydrogen (secondary N) is 1. The molecule has 1 unspecified atom stereocenters. The molecule has 5 nitrogen and oxygen atoms in total. The molecule has 0 spiro atoms. The Morgan fingerprint density at radius 1 is 1.42 bits per heavy atom. The van der Waals surface area contributed by atoms with Gasteiger partial charge < -0.3 is 10.2 Å². The maximum absolute atomic E-state index is 12.7. The quantitative estimate of drug-likeness (QED) is 0.871. The molecule has 1 aliphatic heterocycles. The van der Waals surface area contributed by atoms with Gasteiger partial charge in [0.2, 0.25) is 0 Å². The summed E-state index contributed by atoms with van der Waals surface area (Å²) in [5.41, 5.74) is 1.08. The van der Waals surface area contributed by atoms with Crippen molar-refractivity contribution >= 4 is 28.7 Å². The van der Waals surface area contributed by atoms with E-state index in [9.17, 15) is 10.1 Å². The van der Waals surface area contributed by atoms with E-state index in [1.54, 1.807) is 12.3 Å². The molecular formula is C20H24N4OS. The molecule has 1 atom stereocenters. The highest BCUT2D eigenvalue weighted by Gasteiger charge is 2.22. The number of hydrogen-bond acceptors (Lipinski definition) is 5. The third-order valence-corrected chi connectivity index (χ3v) is 6.04. The SMILES string of the molecule is CC1CCN(c2cc(C(=O)Nc3cc(C(C)(C)C)sc3C#N)ccn2)C1. The standard InChI is InChI=1S/C20H24N4OS/c1-13-6-8-24(12-13)18-9-14(5-7-22-18)19(25)23-15-10-17(20(2,3)4)26-16(15)11-21/h5,7,9-10,13H,6,8,12H2,1-4H3,(H,23,25). The Kier molecular flexibility index (Phi) is 5.01. The lowest BCUT2D eigenvalue weighted by atomic mass is 9.94. The smallest absolute Gasteiger partial charge is 0.255 e. The second-order valence-corrected chi connectivity index (χ2v) is 8.96. The molecule has 0 radical (unpaired) electrons. The van der Waals surface area contributed by atoms with E-state index in [1.165, 1.54) is 11.3 Å². The summed E-state index contributed by atoms with van der Waals surface area (Å²) in [6, 6.07) is 7.64. The zero-order chi connectivity index (χ0) is 18.9. The fourth-order valence-electron chi connectivity index (χ4n) is 3.01. The number of carbonyl (C=O) groups excluding carboxylic acids is 1. The Balaban J connectivity index is 1.81. The Labute approximate surface area is 158 Å². The summed E-state index contributed by atoms with van der Waals surface area (Å²) in [6.45, 7) is 10.4. The summed E-state index contributed by atoms with van der Waals surface area (Å²) in [4.78, 5) is 20.9. The van der Waals surface area contributed by atoms with Gasteiger partial charge in [-0.05, 0) is 36.0 Å². The molecule has 3 rings (SSSR count). The molecular weight excluding hydrogens is 344 g/mol. The molecule has 2 aromatic heterocycles. The third kappa shape index (κ3) is 3.88. The van der Waals surface area contributed by atoms with Crippen molar-refractivity contribution in [1.29, 1.82) is 5.26 Å². The van der Waals surface area contributed by atoms with Crippen LogP contribution in [0, 0.1) is 17.2 Å². The number of nitriles is 1. The van der Waals surface area contributed by atoms with Gasteiger partial charge in [0.15, 0.2) is 0 Å². The van der Waals surface area contributed by atoms with Crippen molar-refractivity contribution in [2.45, 2.75) is 39.5 Å². The average Bonchev–Trinajstić information content (AvgIpc) is 3.21. The molecule has 0 aromatic carbocycles. The van der Waals surface area contributed by atoms with Crippen LogP contribution in [0.25, 0.3) is 0 Å². The van der Waals surface area contributed by atoms with Gasteiger partial charge in [0.1, 0.15) is 16.8 Å². The maximum Gasteiger partial charge on any atom is 0.255 e. The summed E-state index contributed by atoms with van der Waals surface area (Å²) in [7, 11) is 0. The van der Waals surface area contributed by atoms with E-state index in [-0.39, 0.29) is 11.3 Å². The van der Waals surface area contributed by atoms with Crippen LogP contribution in [0.4, 0.5) is 11.5 Å². The van der Waals surface area contributed by atoms with Crippen LogP contribution >= 0.6 is 11.3 Å². The molecule has 136 valence electrons. The molecule has 26 heavy (non-hydrogen) atoms. The molecule has 1 N–H and O–H groups in total. The number of carbonyl (C=O) groups is 1. The van der Waals surface area contributed by atoms with Crippen molar-refractivity contribution in [3.05, 3.63) is 39.7 Å². The van der Waals surface area contributed by atoms with Gasteiger partial charge >= 0.3 is 0 Å². The molecule has 1 fully saturated rings. The van der Waals surface area contributed by atoms with E-state index in [0.717, 1.165) is 30.2 Å². The molecule has 1 amide bonds. The number of anilines is 2. The van der Waals surface area contributed by atoms with Crippen molar-refractivity contribution < 1.29 is 4.79 Å². The molecule has 0 aliphatic carbocycles. The number of amides is 1. The summed E-state index contributed by atoms with van der Waals surface area (Å²) in [5, 5.41) is 12.3. The van der Waals surface area contributed by atoms with Crippen LogP contribution < -0.4 is 10.2 Å². The third-order valence-electron chi connectivity index (χ3n) is 4.58. The average molecular weight is 369 g/mol. The summed E-state index contributed by atoms with van der Waals surface area (Å²) >= 11 is 1.43. The lowest BCUT2D eigenvalue weighted by Gasteiger charge is -2.17. The zero-order valence-corrected chi connectivity index (χ0v) is 16.5. The van der Waals surface area contributed by atoms with E-state index < -0.39 is 0 Å². The van der Waals surface area contributed by atoms with Gasteiger partial charge in [0, 0.05) is 29.7 Å². The maximum atomic E-state index is 12.7. The van der Waals surface area contributed by atoms with Crippen LogP contribution in [-0.4, -0.2) is 24.0 Å². The lowest BCUT2D eigenvalue weighted by Crippen LogP contribution is -2.21. The van der Waals surface area contributed by atoms with Crippen molar-refractivity contribution in [3.8, 4) is 6.07 Å². The fraction of sp³-hybridized carbons (Fsp3) is 0.450. The van der Waals surface area contributed by atoms with Crippen LogP contribution in [-0.2, 0) is 5.41 Å². The normalized spacial score (nSPS) is 17.2. The minimum Gasteiger partial charge on any atom is -0.356 e. The number of thiophene rings is 1. The first kappa shape index (κ1) is 18.4. The molecule has 6 heteroatoms. The van der Waals surface area contributed by atoms with Crippen LogP contribution in [0.1, 0.15) is 54.2 Å². The molecule has 1 aliphatic rings. The second-order valence-electron chi connectivity index (χ2n) is 7.91. The second kappa shape index (κ2) is 7.08. The minimum absolute atomic E-state index is 0.0600. The number of rotatable bonds is 3. The summed E-state index contributed by atoms with van der Waals surface area (Å²) in [6.07, 6.45) is 2.82. The largest absolute Gasteiger partial charge is 0.356 e. The van der Waals surface area contributed by atoms with Crippen LogP contribution in [0.2, 0.25) is 0 Å². The number of aromatic nitrogens is 1. The Bertz CT molecular complexity index is 859. The van der Waals surface area contributed by atoms with Crippen molar-refractivity contribution in [2.75, 3.05) is 23.3 Å². The molecule has 0 bridgehead atoms. The zero-order valence-electron chi connectivity index (χ0n) is 15.7. The highest BCUT2D eigenvalue weighted by atomic mass is 32.1. The van der Waals surface area contributed by atoms with Gasteiger partial charge in [0.25, 0.3) is 5.91 Å². The van der Waals surface area contributed by atoms with Crippen LogP contribution in [0.5, 0.6) is 0 Å². The number of pyridine rings is 1. The molecule has 3 heterocycles. The predicted molar refractivity (Wildman–Crippen MR) is 106 cm³/mol. The number of hydrogen-bond donors (Lipinski definition) is 1. The molecule has 0 saturated carbocycles. The fourth-order valence-corrected chi connectivity index (χ4v) is 3.98. The molecule has 2 aromatic rings. The van der Waals surface area contributed by atoms with Gasteiger partial charge in [-0.15, -0.1) is 11.3 Å². The Morgan fingerprint density at radius 3 is 2.81 bits per heavy atom. The van der Waals surface area contributed by atoms with Gasteiger partial charge in [-0.3, -0.25) is 4.79 Å². The van der Waals surface area contributed by atoms with E-state index in [4.69, 9.17) is 0 Å². The molecule has 1 saturated heterocycles. The van der Waals surface area contributed by atoms with E-state index in [0.29, 0.717) is 22.0 Å². The first-order valence-electron chi connectivity index (χ1n) is 8.84. The Morgan fingerprint density at radius 2 is 2.19 bits per heavy atom.